The molecule has 3 N–H and O–H groups in total. The summed E-state index contributed by atoms with van der Waals surface area (Å²) in [6.07, 6.45) is 1.88. The third-order valence-corrected chi connectivity index (χ3v) is 5.04. The third kappa shape index (κ3) is 4.51. The molecular formula is C14H24N2O2S. The molecule has 0 aliphatic heterocycles. The minimum absolute atomic E-state index is 0.0826. The summed E-state index contributed by atoms with van der Waals surface area (Å²) in [4.78, 5) is 0.267. The van der Waals surface area contributed by atoms with E-state index in [0.717, 1.165) is 12.8 Å². The lowest BCUT2D eigenvalue weighted by Gasteiger charge is -2.18. The second kappa shape index (κ2) is 6.39. The molecule has 0 saturated carbocycles. The van der Waals surface area contributed by atoms with E-state index < -0.39 is 10.0 Å². The summed E-state index contributed by atoms with van der Waals surface area (Å²) in [5.74, 6) is 0.500. The summed E-state index contributed by atoms with van der Waals surface area (Å²) in [6.45, 7) is 7.89. The average Bonchev–Trinajstić information content (AvgIpc) is 2.31. The SMILES string of the molecule is CCC(C)CC(C)NS(=O)(=O)c1cc(N)ccc1C. The van der Waals surface area contributed by atoms with Gasteiger partial charge in [0.05, 0.1) is 4.90 Å². The molecule has 1 aromatic carbocycles. The van der Waals surface area contributed by atoms with Gasteiger partial charge in [0.15, 0.2) is 0 Å². The number of aryl methyl sites for hydroxylation is 1. The first-order chi connectivity index (χ1) is 8.76. The van der Waals surface area contributed by atoms with Crippen molar-refractivity contribution in [3.8, 4) is 0 Å². The Bertz CT molecular complexity index is 526. The molecule has 0 aliphatic carbocycles. The van der Waals surface area contributed by atoms with Gasteiger partial charge in [0.2, 0.25) is 10.0 Å². The number of nitrogens with one attached hydrogen (secondary N) is 1. The van der Waals surface area contributed by atoms with Gasteiger partial charge in [-0.3, -0.25) is 0 Å². The van der Waals surface area contributed by atoms with Crippen LogP contribution in [0, 0.1) is 12.8 Å². The maximum atomic E-state index is 12.3. The van der Waals surface area contributed by atoms with Crippen LogP contribution in [0.4, 0.5) is 5.69 Å². The molecule has 4 nitrogen and oxygen atoms in total. The van der Waals surface area contributed by atoms with Gasteiger partial charge in [-0.25, -0.2) is 13.1 Å². The lowest BCUT2D eigenvalue weighted by atomic mass is 10.0. The fourth-order valence-electron chi connectivity index (χ4n) is 2.05. The molecule has 2 atom stereocenters. The van der Waals surface area contributed by atoms with Crippen molar-refractivity contribution in [2.45, 2.75) is 51.5 Å². The Morgan fingerprint density at radius 2 is 1.95 bits per heavy atom. The van der Waals surface area contributed by atoms with Crippen LogP contribution < -0.4 is 10.5 Å². The van der Waals surface area contributed by atoms with Crippen molar-refractivity contribution in [3.63, 3.8) is 0 Å². The van der Waals surface area contributed by atoms with Gasteiger partial charge < -0.3 is 5.73 Å². The van der Waals surface area contributed by atoms with Crippen LogP contribution in [0.15, 0.2) is 23.1 Å². The molecule has 0 aliphatic rings. The standard InChI is InChI=1S/C14H24N2O2S/c1-5-10(2)8-12(4)16-19(17,18)14-9-13(15)7-6-11(14)3/h6-7,9-10,12,16H,5,8,15H2,1-4H3. The number of nitrogens with two attached hydrogens (primary N) is 1. The monoisotopic (exact) mass is 284 g/mol. The second-order valence-electron chi connectivity index (χ2n) is 5.30. The van der Waals surface area contributed by atoms with Gasteiger partial charge in [0.1, 0.15) is 0 Å². The predicted molar refractivity (Wildman–Crippen MR) is 79.4 cm³/mol. The summed E-state index contributed by atoms with van der Waals surface area (Å²) >= 11 is 0. The molecule has 0 aromatic heterocycles. The highest BCUT2D eigenvalue weighted by atomic mass is 32.2. The van der Waals surface area contributed by atoms with E-state index in [1.54, 1.807) is 19.1 Å². The van der Waals surface area contributed by atoms with Crippen LogP contribution in [-0.4, -0.2) is 14.5 Å². The van der Waals surface area contributed by atoms with E-state index in [0.29, 0.717) is 17.2 Å². The molecule has 19 heavy (non-hydrogen) atoms. The highest BCUT2D eigenvalue weighted by Crippen LogP contribution is 2.19. The third-order valence-electron chi connectivity index (χ3n) is 3.31. The minimum atomic E-state index is -3.50. The zero-order chi connectivity index (χ0) is 14.6. The van der Waals surface area contributed by atoms with E-state index in [1.807, 2.05) is 6.92 Å². The normalized spacial score (nSPS) is 15.2. The number of sulfonamides is 1. The molecule has 1 aromatic rings. The van der Waals surface area contributed by atoms with Gasteiger partial charge in [-0.2, -0.15) is 0 Å². The lowest BCUT2D eigenvalue weighted by molar-refractivity contribution is 0.445. The molecule has 0 fully saturated rings. The van der Waals surface area contributed by atoms with Gasteiger partial charge in [0, 0.05) is 11.7 Å². The molecule has 0 saturated heterocycles. The highest BCUT2D eigenvalue weighted by molar-refractivity contribution is 7.89. The van der Waals surface area contributed by atoms with Crippen LogP contribution in [0.2, 0.25) is 0 Å². The van der Waals surface area contributed by atoms with Crippen LogP contribution in [0.5, 0.6) is 0 Å². The molecule has 108 valence electrons. The number of anilines is 1. The van der Waals surface area contributed by atoms with E-state index in [2.05, 4.69) is 18.6 Å². The molecular weight excluding hydrogens is 260 g/mol. The zero-order valence-electron chi connectivity index (χ0n) is 12.1. The largest absolute Gasteiger partial charge is 0.399 e. The summed E-state index contributed by atoms with van der Waals surface area (Å²) < 4.78 is 27.4. The number of hydrogen-bond donors (Lipinski definition) is 2. The van der Waals surface area contributed by atoms with E-state index in [1.165, 1.54) is 6.07 Å². The van der Waals surface area contributed by atoms with E-state index in [4.69, 9.17) is 5.73 Å². The number of benzene rings is 1. The molecule has 0 heterocycles. The van der Waals surface area contributed by atoms with Gasteiger partial charge >= 0.3 is 0 Å². The number of nitrogen functional groups attached to an aromatic ring is 1. The van der Waals surface area contributed by atoms with Crippen LogP contribution in [0.1, 0.15) is 39.2 Å². The van der Waals surface area contributed by atoms with Gasteiger partial charge in [0.25, 0.3) is 0 Å². The maximum absolute atomic E-state index is 12.3. The number of hydrogen-bond acceptors (Lipinski definition) is 3. The van der Waals surface area contributed by atoms with Crippen molar-refractivity contribution in [1.29, 1.82) is 0 Å². The van der Waals surface area contributed by atoms with Crippen molar-refractivity contribution in [1.82, 2.24) is 4.72 Å². The fourth-order valence-corrected chi connectivity index (χ4v) is 3.59. The smallest absolute Gasteiger partial charge is 0.241 e. The highest BCUT2D eigenvalue weighted by Gasteiger charge is 2.20. The van der Waals surface area contributed by atoms with E-state index in [-0.39, 0.29) is 10.9 Å². The molecule has 0 amide bonds. The van der Waals surface area contributed by atoms with Gasteiger partial charge in [-0.1, -0.05) is 26.3 Å². The summed E-state index contributed by atoms with van der Waals surface area (Å²) in [5.41, 5.74) is 6.83. The Kier molecular flexibility index (Phi) is 5.38. The Morgan fingerprint density at radius 1 is 1.32 bits per heavy atom. The van der Waals surface area contributed by atoms with Crippen molar-refractivity contribution in [3.05, 3.63) is 23.8 Å². The summed E-state index contributed by atoms with van der Waals surface area (Å²) in [5, 5.41) is 0. The van der Waals surface area contributed by atoms with Crippen LogP contribution in [0.25, 0.3) is 0 Å². The van der Waals surface area contributed by atoms with Crippen LogP contribution in [-0.2, 0) is 10.0 Å². The van der Waals surface area contributed by atoms with Crippen LogP contribution >= 0.6 is 0 Å². The molecule has 5 heteroatoms. The quantitative estimate of drug-likeness (QED) is 0.789. The van der Waals surface area contributed by atoms with Crippen molar-refractivity contribution in [2.75, 3.05) is 5.73 Å². The van der Waals surface area contributed by atoms with E-state index >= 15 is 0 Å². The molecule has 0 bridgehead atoms. The second-order valence-corrected chi connectivity index (χ2v) is 6.98. The van der Waals surface area contributed by atoms with Crippen LogP contribution in [0.3, 0.4) is 0 Å². The average molecular weight is 284 g/mol. The Hall–Kier alpha value is -1.07. The molecule has 1 rings (SSSR count). The summed E-state index contributed by atoms with van der Waals surface area (Å²) in [6, 6.07) is 4.86. The van der Waals surface area contributed by atoms with Crippen molar-refractivity contribution in [2.24, 2.45) is 5.92 Å². The Labute approximate surface area is 116 Å². The predicted octanol–water partition coefficient (Wildman–Crippen LogP) is 2.68. The maximum Gasteiger partial charge on any atom is 0.241 e. The zero-order valence-corrected chi connectivity index (χ0v) is 12.9. The van der Waals surface area contributed by atoms with Gasteiger partial charge in [-0.15, -0.1) is 0 Å². The van der Waals surface area contributed by atoms with E-state index in [9.17, 15) is 8.42 Å². The number of rotatable bonds is 6. The first-order valence-electron chi connectivity index (χ1n) is 6.64. The molecule has 0 radical (unpaired) electrons. The fraction of sp³-hybridized carbons (Fsp3) is 0.571. The van der Waals surface area contributed by atoms with Crippen molar-refractivity contribution >= 4 is 15.7 Å². The topological polar surface area (TPSA) is 72.2 Å². The van der Waals surface area contributed by atoms with Crippen molar-refractivity contribution < 1.29 is 8.42 Å². The molecule has 2 unspecified atom stereocenters. The lowest BCUT2D eigenvalue weighted by Crippen LogP contribution is -2.34. The Balaban J connectivity index is 2.89. The first kappa shape index (κ1) is 16.0. The summed E-state index contributed by atoms with van der Waals surface area (Å²) in [7, 11) is -3.50. The Morgan fingerprint density at radius 3 is 2.53 bits per heavy atom. The minimum Gasteiger partial charge on any atom is -0.399 e. The van der Waals surface area contributed by atoms with Gasteiger partial charge in [-0.05, 0) is 43.9 Å². The first-order valence-corrected chi connectivity index (χ1v) is 8.13. The molecule has 0 spiro atoms.